The third-order valence-corrected chi connectivity index (χ3v) is 6.37. The fraction of sp³-hybridized carbons (Fsp3) is 0.333. The van der Waals surface area contributed by atoms with E-state index in [2.05, 4.69) is 15.3 Å². The van der Waals surface area contributed by atoms with E-state index >= 15 is 0 Å². The molecule has 0 bridgehead atoms. The molecule has 1 aromatic carbocycles. The van der Waals surface area contributed by atoms with Crippen LogP contribution in [0.25, 0.3) is 10.9 Å². The first-order valence-corrected chi connectivity index (χ1v) is 10.8. The second-order valence-electron chi connectivity index (χ2n) is 7.72. The van der Waals surface area contributed by atoms with Crippen LogP contribution in [0.1, 0.15) is 40.8 Å². The summed E-state index contributed by atoms with van der Waals surface area (Å²) in [5, 5.41) is 12.1. The van der Waals surface area contributed by atoms with Crippen molar-refractivity contribution in [2.45, 2.75) is 32.7 Å². The summed E-state index contributed by atoms with van der Waals surface area (Å²) in [4.78, 5) is 45.5. The number of H-pyrrole nitrogens is 1. The minimum Gasteiger partial charge on any atom is -0.481 e. The van der Waals surface area contributed by atoms with Crippen LogP contribution in [0.15, 0.2) is 18.2 Å². The van der Waals surface area contributed by atoms with Crippen molar-refractivity contribution in [3.63, 3.8) is 0 Å². The number of thiazole rings is 1. The predicted molar refractivity (Wildman–Crippen MR) is 113 cm³/mol. The molecule has 3 heterocycles. The second kappa shape index (κ2) is 8.65. The lowest BCUT2D eigenvalue weighted by atomic mass is 10.1. The number of halogens is 2. The molecule has 11 heteroatoms. The van der Waals surface area contributed by atoms with E-state index in [0.29, 0.717) is 18.1 Å². The van der Waals surface area contributed by atoms with Gasteiger partial charge < -0.3 is 20.3 Å². The molecular formula is C21H20F2N4O4S. The zero-order chi connectivity index (χ0) is 23.0. The molecule has 8 nitrogen and oxygen atoms in total. The Hall–Kier alpha value is -3.34. The van der Waals surface area contributed by atoms with E-state index < -0.39 is 23.5 Å². The number of hydrogen-bond acceptors (Lipinski definition) is 5. The highest BCUT2D eigenvalue weighted by Gasteiger charge is 2.27. The van der Waals surface area contributed by atoms with Crippen LogP contribution in [0.2, 0.25) is 0 Å². The zero-order valence-electron chi connectivity index (χ0n) is 17.1. The molecular weight excluding hydrogens is 442 g/mol. The summed E-state index contributed by atoms with van der Waals surface area (Å²) in [5.41, 5.74) is 1.17. The number of carbonyl (C=O) groups is 3. The number of carbonyl (C=O) groups excluding carboxylic acids is 2. The smallest absolute Gasteiger partial charge is 0.306 e. The minimum absolute atomic E-state index is 0.0693. The number of benzene rings is 1. The molecule has 3 aromatic rings. The van der Waals surface area contributed by atoms with Crippen molar-refractivity contribution >= 4 is 45.2 Å². The number of aliphatic carboxylic acids is 1. The maximum Gasteiger partial charge on any atom is 0.306 e. The van der Waals surface area contributed by atoms with Crippen molar-refractivity contribution in [2.75, 3.05) is 11.9 Å². The van der Waals surface area contributed by atoms with E-state index in [1.165, 1.54) is 17.4 Å². The Morgan fingerprint density at radius 3 is 2.84 bits per heavy atom. The second-order valence-corrected chi connectivity index (χ2v) is 8.81. The minimum atomic E-state index is -0.949. The molecule has 0 saturated carbocycles. The van der Waals surface area contributed by atoms with Crippen LogP contribution in [0, 0.1) is 17.6 Å². The van der Waals surface area contributed by atoms with Crippen molar-refractivity contribution in [3.05, 3.63) is 46.1 Å². The molecule has 4 rings (SSSR count). The molecule has 3 N–H and O–H groups in total. The van der Waals surface area contributed by atoms with Gasteiger partial charge in [-0.2, -0.15) is 0 Å². The molecule has 2 aromatic heterocycles. The van der Waals surface area contributed by atoms with Gasteiger partial charge in [0, 0.05) is 35.7 Å². The molecule has 2 amide bonds. The first-order chi connectivity index (χ1) is 15.2. The lowest BCUT2D eigenvalue weighted by Crippen LogP contribution is -2.35. The number of aromatic amines is 1. The average molecular weight is 462 g/mol. The summed E-state index contributed by atoms with van der Waals surface area (Å²) in [6, 6.07) is 3.28. The Bertz CT molecular complexity index is 1220. The quantitative estimate of drug-likeness (QED) is 0.518. The number of nitrogens with zero attached hydrogens (tertiary/aromatic N) is 2. The molecule has 0 aliphatic carbocycles. The standard InChI is InChI=1S/C21H20F2N4O4S/c1-10(20(30)31)2-3-18(28)26-21-25-14-4-5-27(9-17(14)32-21)19(29)16-8-12-13(23)6-11(22)7-15(12)24-16/h6-8,10,24H,2-5,9H2,1H3,(H,30,31)(H,25,26,28)/t10-/m0/s1. The van der Waals surface area contributed by atoms with Gasteiger partial charge in [0.2, 0.25) is 5.91 Å². The largest absolute Gasteiger partial charge is 0.481 e. The SMILES string of the molecule is C[C@@H](CCC(=O)Nc1nc2c(s1)CN(C(=O)c1cc3c(F)cc(F)cc3[nH]1)CC2)C(=O)O. The Morgan fingerprint density at radius 2 is 2.09 bits per heavy atom. The van der Waals surface area contributed by atoms with Gasteiger partial charge in [0.25, 0.3) is 5.91 Å². The topological polar surface area (TPSA) is 115 Å². The third-order valence-electron chi connectivity index (χ3n) is 5.37. The normalized spacial score (nSPS) is 14.3. The molecule has 1 aliphatic heterocycles. The van der Waals surface area contributed by atoms with Crippen molar-refractivity contribution < 1.29 is 28.3 Å². The monoisotopic (exact) mass is 462 g/mol. The number of anilines is 1. The Morgan fingerprint density at radius 1 is 1.31 bits per heavy atom. The van der Waals surface area contributed by atoms with Crippen LogP contribution in [0.5, 0.6) is 0 Å². The van der Waals surface area contributed by atoms with E-state index in [0.717, 1.165) is 22.7 Å². The number of nitrogens with one attached hydrogen (secondary N) is 2. The van der Waals surface area contributed by atoms with E-state index in [9.17, 15) is 23.2 Å². The number of carboxylic acids is 1. The first kappa shape index (κ1) is 21.9. The maximum absolute atomic E-state index is 14.0. The molecule has 1 aliphatic rings. The van der Waals surface area contributed by atoms with Crippen molar-refractivity contribution in [1.29, 1.82) is 0 Å². The average Bonchev–Trinajstić information content (AvgIpc) is 3.34. The van der Waals surface area contributed by atoms with Gasteiger partial charge in [-0.25, -0.2) is 13.8 Å². The Labute approximate surface area is 185 Å². The number of rotatable bonds is 6. The van der Waals surface area contributed by atoms with Gasteiger partial charge in [-0.3, -0.25) is 14.4 Å². The highest BCUT2D eigenvalue weighted by atomic mass is 32.1. The fourth-order valence-electron chi connectivity index (χ4n) is 3.52. The maximum atomic E-state index is 14.0. The van der Waals surface area contributed by atoms with Gasteiger partial charge in [0.1, 0.15) is 17.3 Å². The van der Waals surface area contributed by atoms with Crippen LogP contribution < -0.4 is 5.32 Å². The fourth-order valence-corrected chi connectivity index (χ4v) is 4.56. The van der Waals surface area contributed by atoms with Gasteiger partial charge in [-0.1, -0.05) is 18.3 Å². The molecule has 168 valence electrons. The highest BCUT2D eigenvalue weighted by Crippen LogP contribution is 2.30. The van der Waals surface area contributed by atoms with E-state index in [1.54, 1.807) is 11.8 Å². The predicted octanol–water partition coefficient (Wildman–Crippen LogP) is 3.54. The van der Waals surface area contributed by atoms with Gasteiger partial charge in [-0.15, -0.1) is 0 Å². The first-order valence-electron chi connectivity index (χ1n) is 9.99. The number of carboxylic acid groups (broad SMARTS) is 1. The van der Waals surface area contributed by atoms with Gasteiger partial charge in [0.05, 0.1) is 23.7 Å². The van der Waals surface area contributed by atoms with E-state index in [-0.39, 0.29) is 47.8 Å². The summed E-state index contributed by atoms with van der Waals surface area (Å²) in [7, 11) is 0. The van der Waals surface area contributed by atoms with Crippen molar-refractivity contribution in [3.8, 4) is 0 Å². The van der Waals surface area contributed by atoms with E-state index in [1.807, 2.05) is 0 Å². The van der Waals surface area contributed by atoms with Gasteiger partial charge in [-0.05, 0) is 18.6 Å². The lowest BCUT2D eigenvalue weighted by Gasteiger charge is -2.25. The van der Waals surface area contributed by atoms with Crippen LogP contribution in [0.3, 0.4) is 0 Å². The Balaban J connectivity index is 1.42. The van der Waals surface area contributed by atoms with Crippen LogP contribution in [-0.4, -0.2) is 44.3 Å². The van der Waals surface area contributed by atoms with Crippen LogP contribution in [-0.2, 0) is 22.6 Å². The number of amides is 2. The van der Waals surface area contributed by atoms with Crippen molar-refractivity contribution in [2.24, 2.45) is 5.92 Å². The summed E-state index contributed by atoms with van der Waals surface area (Å²) in [5.74, 6) is -3.68. The zero-order valence-corrected chi connectivity index (χ0v) is 17.9. The molecule has 1 atom stereocenters. The lowest BCUT2D eigenvalue weighted by molar-refractivity contribution is -0.141. The van der Waals surface area contributed by atoms with Gasteiger partial charge in [0.15, 0.2) is 5.13 Å². The molecule has 32 heavy (non-hydrogen) atoms. The summed E-state index contributed by atoms with van der Waals surface area (Å²) in [6.45, 7) is 2.22. The van der Waals surface area contributed by atoms with Crippen LogP contribution >= 0.6 is 11.3 Å². The molecule has 0 unspecified atom stereocenters. The number of hydrogen-bond donors (Lipinski definition) is 3. The summed E-state index contributed by atoms with van der Waals surface area (Å²) >= 11 is 1.26. The highest BCUT2D eigenvalue weighted by molar-refractivity contribution is 7.15. The van der Waals surface area contributed by atoms with E-state index in [4.69, 9.17) is 5.11 Å². The number of aromatic nitrogens is 2. The number of fused-ring (bicyclic) bond motifs is 2. The summed E-state index contributed by atoms with van der Waals surface area (Å²) < 4.78 is 27.4. The van der Waals surface area contributed by atoms with Crippen LogP contribution in [0.4, 0.5) is 13.9 Å². The molecule has 0 fully saturated rings. The Kier molecular flexibility index (Phi) is 5.92. The molecule has 0 radical (unpaired) electrons. The molecule has 0 saturated heterocycles. The van der Waals surface area contributed by atoms with Crippen molar-refractivity contribution in [1.82, 2.24) is 14.9 Å². The third kappa shape index (κ3) is 4.47. The molecule has 0 spiro atoms. The summed E-state index contributed by atoms with van der Waals surface area (Å²) in [6.07, 6.45) is 0.788. The van der Waals surface area contributed by atoms with Gasteiger partial charge >= 0.3 is 5.97 Å².